The second kappa shape index (κ2) is 4.69. The fourth-order valence-corrected chi connectivity index (χ4v) is 4.10. The Labute approximate surface area is 126 Å². The van der Waals surface area contributed by atoms with Crippen LogP contribution in [-0.4, -0.2) is 11.6 Å². The van der Waals surface area contributed by atoms with Crippen LogP contribution in [0.1, 0.15) is 56.0 Å². The zero-order valence-corrected chi connectivity index (χ0v) is 13.4. The van der Waals surface area contributed by atoms with E-state index in [9.17, 15) is 4.79 Å². The number of carbonyl (C=O) groups is 1. The van der Waals surface area contributed by atoms with Crippen molar-refractivity contribution in [3.8, 4) is 0 Å². The lowest BCUT2D eigenvalue weighted by molar-refractivity contribution is 0.0953. The van der Waals surface area contributed by atoms with E-state index >= 15 is 0 Å². The van der Waals surface area contributed by atoms with Gasteiger partial charge in [-0.15, -0.1) is 0 Å². The molecule has 3 nitrogen and oxygen atoms in total. The molecule has 0 aliphatic heterocycles. The van der Waals surface area contributed by atoms with Crippen molar-refractivity contribution in [2.75, 3.05) is 0 Å². The lowest BCUT2D eigenvalue weighted by Crippen LogP contribution is -2.34. The predicted octanol–water partition coefficient (Wildman–Crippen LogP) is 3.93. The van der Waals surface area contributed by atoms with Crippen LogP contribution in [0.5, 0.6) is 0 Å². The molecule has 2 bridgehead atoms. The molecule has 2 aliphatic rings. The van der Waals surface area contributed by atoms with Gasteiger partial charge in [0.2, 0.25) is 0 Å². The maximum Gasteiger partial charge on any atom is 0.271 e. The largest absolute Gasteiger partial charge is 0.271 e. The summed E-state index contributed by atoms with van der Waals surface area (Å²) in [6.45, 7) is 8.94. The van der Waals surface area contributed by atoms with Crippen molar-refractivity contribution in [2.45, 2.75) is 47.0 Å². The molecule has 0 heterocycles. The van der Waals surface area contributed by atoms with Crippen LogP contribution in [0.15, 0.2) is 29.4 Å². The second-order valence-electron chi connectivity index (χ2n) is 7.31. The van der Waals surface area contributed by atoms with E-state index in [2.05, 4.69) is 31.3 Å². The smallest absolute Gasteiger partial charge is 0.267 e. The third kappa shape index (κ3) is 2.02. The Morgan fingerprint density at radius 1 is 1.29 bits per heavy atom. The predicted molar refractivity (Wildman–Crippen MR) is 85.3 cm³/mol. The summed E-state index contributed by atoms with van der Waals surface area (Å²) in [5.41, 5.74) is 6.06. The minimum atomic E-state index is -0.107. The van der Waals surface area contributed by atoms with Crippen molar-refractivity contribution in [1.29, 1.82) is 0 Å². The number of benzene rings is 1. The molecule has 1 aromatic rings. The number of nitrogens with one attached hydrogen (secondary N) is 1. The maximum atomic E-state index is 12.3. The normalized spacial score (nSPS) is 31.6. The Bertz CT molecular complexity index is 617. The lowest BCUT2D eigenvalue weighted by atomic mass is 9.70. The summed E-state index contributed by atoms with van der Waals surface area (Å²) in [6.07, 6.45) is 3.50. The summed E-state index contributed by atoms with van der Waals surface area (Å²) < 4.78 is 0. The first-order valence-corrected chi connectivity index (χ1v) is 7.79. The molecule has 0 saturated heterocycles. The molecule has 2 saturated carbocycles. The monoisotopic (exact) mass is 284 g/mol. The highest BCUT2D eigenvalue weighted by atomic mass is 16.2. The van der Waals surface area contributed by atoms with Crippen LogP contribution >= 0.6 is 0 Å². The van der Waals surface area contributed by atoms with Gasteiger partial charge in [0.15, 0.2) is 0 Å². The maximum absolute atomic E-state index is 12.3. The summed E-state index contributed by atoms with van der Waals surface area (Å²) in [7, 11) is 0. The molecule has 1 N–H and O–H groups in total. The van der Waals surface area contributed by atoms with Crippen LogP contribution in [0.4, 0.5) is 0 Å². The van der Waals surface area contributed by atoms with Gasteiger partial charge in [-0.05, 0) is 49.1 Å². The molecule has 1 aromatic carbocycles. The number of nitrogens with zero attached hydrogens (tertiary/aromatic N) is 1. The van der Waals surface area contributed by atoms with Crippen molar-refractivity contribution in [1.82, 2.24) is 5.43 Å². The van der Waals surface area contributed by atoms with Crippen LogP contribution < -0.4 is 5.43 Å². The third-order valence-corrected chi connectivity index (χ3v) is 6.19. The van der Waals surface area contributed by atoms with E-state index in [1.807, 2.05) is 31.2 Å². The Balaban J connectivity index is 1.79. The van der Waals surface area contributed by atoms with E-state index in [1.54, 1.807) is 0 Å². The standard InChI is InChI=1S/C18H24N2O/c1-12-7-5-6-8-14(12)16(21)20-19-15-11-13-9-10-18(15,4)17(13,2)3/h5-8,13H,9-11H2,1-4H3,(H,20,21)/b19-15-. The Kier molecular flexibility index (Phi) is 3.19. The molecule has 21 heavy (non-hydrogen) atoms. The number of fused-ring (bicyclic) bond motifs is 2. The van der Waals surface area contributed by atoms with Gasteiger partial charge >= 0.3 is 0 Å². The average Bonchev–Trinajstić information content (AvgIpc) is 2.78. The van der Waals surface area contributed by atoms with Gasteiger partial charge in [0, 0.05) is 16.7 Å². The quantitative estimate of drug-likeness (QED) is 0.821. The molecule has 3 rings (SSSR count). The molecule has 0 aromatic heterocycles. The molecule has 2 unspecified atom stereocenters. The summed E-state index contributed by atoms with van der Waals surface area (Å²) in [6, 6.07) is 7.62. The van der Waals surface area contributed by atoms with Crippen molar-refractivity contribution in [3.63, 3.8) is 0 Å². The van der Waals surface area contributed by atoms with Gasteiger partial charge < -0.3 is 0 Å². The minimum absolute atomic E-state index is 0.107. The van der Waals surface area contributed by atoms with E-state index < -0.39 is 0 Å². The SMILES string of the molecule is Cc1ccccc1C(=O)N/N=C1/CC2CCC1(C)C2(C)C. The van der Waals surface area contributed by atoms with Gasteiger partial charge in [0.1, 0.15) is 0 Å². The highest BCUT2D eigenvalue weighted by Gasteiger charge is 2.59. The summed E-state index contributed by atoms with van der Waals surface area (Å²) in [4.78, 5) is 12.3. The van der Waals surface area contributed by atoms with Gasteiger partial charge in [0.25, 0.3) is 5.91 Å². The van der Waals surface area contributed by atoms with Crippen molar-refractivity contribution >= 4 is 11.6 Å². The minimum Gasteiger partial charge on any atom is -0.267 e. The number of hydrogen-bond acceptors (Lipinski definition) is 2. The fraction of sp³-hybridized carbons (Fsp3) is 0.556. The molecule has 0 spiro atoms. The van der Waals surface area contributed by atoms with Crippen LogP contribution in [0, 0.1) is 23.7 Å². The Morgan fingerprint density at radius 2 is 2.00 bits per heavy atom. The van der Waals surface area contributed by atoms with Crippen LogP contribution in [0.25, 0.3) is 0 Å². The van der Waals surface area contributed by atoms with Gasteiger partial charge in [-0.25, -0.2) is 5.43 Å². The first-order valence-electron chi connectivity index (χ1n) is 7.79. The van der Waals surface area contributed by atoms with E-state index in [4.69, 9.17) is 0 Å². The van der Waals surface area contributed by atoms with Gasteiger partial charge in [-0.3, -0.25) is 4.79 Å². The highest BCUT2D eigenvalue weighted by Crippen LogP contribution is 2.63. The topological polar surface area (TPSA) is 41.5 Å². The zero-order valence-electron chi connectivity index (χ0n) is 13.4. The van der Waals surface area contributed by atoms with Crippen LogP contribution in [-0.2, 0) is 0 Å². The first-order chi connectivity index (χ1) is 9.86. The first kappa shape index (κ1) is 14.3. The number of amides is 1. The van der Waals surface area contributed by atoms with Gasteiger partial charge in [0.05, 0.1) is 0 Å². The third-order valence-electron chi connectivity index (χ3n) is 6.19. The van der Waals surface area contributed by atoms with Crippen molar-refractivity contribution in [3.05, 3.63) is 35.4 Å². The molecule has 3 heteroatoms. The number of hydrogen-bond donors (Lipinski definition) is 1. The van der Waals surface area contributed by atoms with Crippen LogP contribution in [0.2, 0.25) is 0 Å². The molecule has 2 atom stereocenters. The average molecular weight is 284 g/mol. The molecule has 2 fully saturated rings. The van der Waals surface area contributed by atoms with E-state index in [0.29, 0.717) is 16.9 Å². The number of carbonyl (C=O) groups excluding carboxylic acids is 1. The number of hydrazone groups is 1. The Morgan fingerprint density at radius 3 is 2.57 bits per heavy atom. The van der Waals surface area contributed by atoms with Crippen LogP contribution in [0.3, 0.4) is 0 Å². The van der Waals surface area contributed by atoms with Crippen molar-refractivity contribution in [2.24, 2.45) is 21.8 Å². The fourth-order valence-electron chi connectivity index (χ4n) is 4.10. The number of rotatable bonds is 2. The molecule has 112 valence electrons. The second-order valence-corrected chi connectivity index (χ2v) is 7.31. The number of aryl methyl sites for hydroxylation is 1. The Hall–Kier alpha value is -1.64. The molecule has 1 amide bonds. The molecule has 2 aliphatic carbocycles. The van der Waals surface area contributed by atoms with Gasteiger partial charge in [-0.1, -0.05) is 39.0 Å². The molecular formula is C18H24N2O. The molecule has 0 radical (unpaired) electrons. The summed E-state index contributed by atoms with van der Waals surface area (Å²) in [5, 5.41) is 4.51. The van der Waals surface area contributed by atoms with E-state index in [-0.39, 0.29) is 11.3 Å². The van der Waals surface area contributed by atoms with Gasteiger partial charge in [-0.2, -0.15) is 5.10 Å². The van der Waals surface area contributed by atoms with E-state index in [1.165, 1.54) is 18.6 Å². The zero-order chi connectivity index (χ0) is 15.3. The molecular weight excluding hydrogens is 260 g/mol. The lowest BCUT2D eigenvalue weighted by Gasteiger charge is -2.34. The van der Waals surface area contributed by atoms with E-state index in [0.717, 1.165) is 12.0 Å². The highest BCUT2D eigenvalue weighted by molar-refractivity contribution is 5.98. The van der Waals surface area contributed by atoms with Crippen molar-refractivity contribution < 1.29 is 4.79 Å². The summed E-state index contributed by atoms with van der Waals surface area (Å²) >= 11 is 0. The summed E-state index contributed by atoms with van der Waals surface area (Å²) in [5.74, 6) is 0.599.